The van der Waals surface area contributed by atoms with Crippen LogP contribution in [0.15, 0.2) is 48.5 Å². The predicted octanol–water partition coefficient (Wildman–Crippen LogP) is 2.48. The molecule has 3 atom stereocenters. The summed E-state index contributed by atoms with van der Waals surface area (Å²) in [7, 11) is 0. The number of nitrogens with zero attached hydrogens (tertiary/aromatic N) is 3. The quantitative estimate of drug-likeness (QED) is 0.572. The molecule has 8 heteroatoms. The molecule has 8 nitrogen and oxygen atoms in total. The molecule has 2 aromatic rings. The Kier molecular flexibility index (Phi) is 8.61. The summed E-state index contributed by atoms with van der Waals surface area (Å²) >= 11 is 0. The molecule has 2 aromatic carbocycles. The molecule has 194 valence electrons. The zero-order valence-corrected chi connectivity index (χ0v) is 21.5. The van der Waals surface area contributed by atoms with E-state index in [0.717, 1.165) is 24.2 Å². The molecular weight excluding hydrogens is 456 g/mol. The van der Waals surface area contributed by atoms with E-state index in [0.29, 0.717) is 50.4 Å². The number of esters is 1. The lowest BCUT2D eigenvalue weighted by atomic mass is 9.92. The molecule has 2 saturated heterocycles. The molecule has 2 fully saturated rings. The fourth-order valence-corrected chi connectivity index (χ4v) is 5.20. The van der Waals surface area contributed by atoms with E-state index in [1.807, 2.05) is 46.2 Å². The van der Waals surface area contributed by atoms with E-state index >= 15 is 0 Å². The molecule has 36 heavy (non-hydrogen) atoms. The van der Waals surface area contributed by atoms with Gasteiger partial charge in [-0.2, -0.15) is 0 Å². The predicted molar refractivity (Wildman–Crippen MR) is 139 cm³/mol. The molecule has 4 rings (SSSR count). The van der Waals surface area contributed by atoms with Crippen LogP contribution in [-0.4, -0.2) is 96.2 Å². The number of phenolic OH excluding ortho intramolecular Hbond substituents is 1. The van der Waals surface area contributed by atoms with E-state index < -0.39 is 0 Å². The van der Waals surface area contributed by atoms with Gasteiger partial charge in [-0.15, -0.1) is 0 Å². The van der Waals surface area contributed by atoms with Crippen molar-refractivity contribution < 1.29 is 19.4 Å². The van der Waals surface area contributed by atoms with E-state index in [4.69, 9.17) is 4.74 Å². The molecular formula is C28H38N4O4. The van der Waals surface area contributed by atoms with Crippen molar-refractivity contribution in [3.05, 3.63) is 65.2 Å². The van der Waals surface area contributed by atoms with Crippen molar-refractivity contribution in [2.45, 2.75) is 38.9 Å². The number of piperazine rings is 2. The number of phenols is 1. The van der Waals surface area contributed by atoms with E-state index in [1.165, 1.54) is 0 Å². The lowest BCUT2D eigenvalue weighted by molar-refractivity contribution is -0.144. The molecule has 2 aliphatic heterocycles. The summed E-state index contributed by atoms with van der Waals surface area (Å²) in [5, 5.41) is 13.8. The van der Waals surface area contributed by atoms with Crippen LogP contribution in [0.5, 0.6) is 5.75 Å². The van der Waals surface area contributed by atoms with Gasteiger partial charge in [0, 0.05) is 56.9 Å². The lowest BCUT2D eigenvalue weighted by Gasteiger charge is -2.43. The highest BCUT2D eigenvalue weighted by Crippen LogP contribution is 2.33. The first-order valence-corrected chi connectivity index (χ1v) is 12.9. The lowest BCUT2D eigenvalue weighted by Crippen LogP contribution is -2.55. The molecule has 0 aromatic heterocycles. The van der Waals surface area contributed by atoms with Crippen LogP contribution in [0.3, 0.4) is 0 Å². The Morgan fingerprint density at radius 2 is 1.75 bits per heavy atom. The molecule has 1 amide bonds. The first-order chi connectivity index (χ1) is 17.4. The third-order valence-electron chi connectivity index (χ3n) is 7.10. The van der Waals surface area contributed by atoms with E-state index in [-0.39, 0.29) is 30.2 Å². The summed E-state index contributed by atoms with van der Waals surface area (Å²) < 4.78 is 5.05. The van der Waals surface area contributed by atoms with Gasteiger partial charge < -0.3 is 20.1 Å². The Hall–Kier alpha value is -2.94. The number of hydrogen-bond donors (Lipinski definition) is 2. The maximum Gasteiger partial charge on any atom is 0.320 e. The van der Waals surface area contributed by atoms with Crippen LogP contribution in [0.4, 0.5) is 0 Å². The minimum atomic E-state index is -0.223. The number of hydrogen-bond acceptors (Lipinski definition) is 7. The van der Waals surface area contributed by atoms with Crippen LogP contribution < -0.4 is 5.32 Å². The van der Waals surface area contributed by atoms with Gasteiger partial charge in [0.2, 0.25) is 0 Å². The molecule has 0 radical (unpaired) electrons. The number of carbonyl (C=O) groups is 2. The Morgan fingerprint density at radius 3 is 2.44 bits per heavy atom. The first-order valence-electron chi connectivity index (χ1n) is 12.9. The molecule has 0 saturated carbocycles. The van der Waals surface area contributed by atoms with Gasteiger partial charge in [-0.1, -0.05) is 24.3 Å². The summed E-state index contributed by atoms with van der Waals surface area (Å²) in [4.78, 5) is 31.6. The monoisotopic (exact) mass is 494 g/mol. The highest BCUT2D eigenvalue weighted by Gasteiger charge is 2.32. The van der Waals surface area contributed by atoms with Crippen LogP contribution in [0, 0.1) is 0 Å². The van der Waals surface area contributed by atoms with Crippen LogP contribution in [0.1, 0.15) is 48.3 Å². The third-order valence-corrected chi connectivity index (χ3v) is 7.10. The highest BCUT2D eigenvalue weighted by atomic mass is 16.5. The minimum Gasteiger partial charge on any atom is -0.508 e. The molecule has 0 spiro atoms. The van der Waals surface area contributed by atoms with Gasteiger partial charge in [-0.05, 0) is 56.2 Å². The normalized spacial score (nSPS) is 22.2. The smallest absolute Gasteiger partial charge is 0.320 e. The van der Waals surface area contributed by atoms with Gasteiger partial charge >= 0.3 is 5.97 Å². The Bertz CT molecular complexity index is 1050. The van der Waals surface area contributed by atoms with Crippen molar-refractivity contribution in [3.8, 4) is 5.75 Å². The Labute approximate surface area is 213 Å². The fourth-order valence-electron chi connectivity index (χ4n) is 5.20. The summed E-state index contributed by atoms with van der Waals surface area (Å²) in [6.07, 6.45) is 0. The Morgan fingerprint density at radius 1 is 1.06 bits per heavy atom. The number of carbonyl (C=O) groups excluding carboxylic acids is 2. The number of benzene rings is 2. The van der Waals surface area contributed by atoms with Crippen LogP contribution in [-0.2, 0) is 9.53 Å². The Balaban J connectivity index is 1.54. The maximum atomic E-state index is 13.4. The number of ether oxygens (including phenoxy) is 1. The van der Waals surface area contributed by atoms with E-state index in [1.54, 1.807) is 13.0 Å². The third kappa shape index (κ3) is 6.24. The van der Waals surface area contributed by atoms with Crippen molar-refractivity contribution in [2.24, 2.45) is 0 Å². The summed E-state index contributed by atoms with van der Waals surface area (Å²) in [6.45, 7) is 11.0. The highest BCUT2D eigenvalue weighted by molar-refractivity contribution is 5.94. The largest absolute Gasteiger partial charge is 0.508 e. The van der Waals surface area contributed by atoms with Gasteiger partial charge in [0.05, 0.1) is 19.2 Å². The molecule has 2 N–H and O–H groups in total. The van der Waals surface area contributed by atoms with Crippen molar-refractivity contribution in [2.75, 3.05) is 52.4 Å². The minimum absolute atomic E-state index is 0.00372. The topological polar surface area (TPSA) is 85.3 Å². The number of amides is 1. The van der Waals surface area contributed by atoms with Crippen molar-refractivity contribution in [3.63, 3.8) is 0 Å². The number of nitrogens with one attached hydrogen (secondary N) is 1. The summed E-state index contributed by atoms with van der Waals surface area (Å²) in [5.74, 6) is 0.0182. The fraction of sp³-hybridized carbons (Fsp3) is 0.500. The average Bonchev–Trinajstić information content (AvgIpc) is 2.87. The van der Waals surface area contributed by atoms with Gasteiger partial charge in [0.1, 0.15) is 5.75 Å². The van der Waals surface area contributed by atoms with Gasteiger partial charge in [-0.25, -0.2) is 0 Å². The second-order valence-electron chi connectivity index (χ2n) is 9.85. The average molecular weight is 495 g/mol. The number of rotatable bonds is 7. The second kappa shape index (κ2) is 11.9. The molecule has 0 aliphatic carbocycles. The zero-order valence-electron chi connectivity index (χ0n) is 21.5. The molecule has 2 aliphatic rings. The van der Waals surface area contributed by atoms with E-state index in [9.17, 15) is 14.7 Å². The molecule has 0 bridgehead atoms. The van der Waals surface area contributed by atoms with Crippen molar-refractivity contribution >= 4 is 11.9 Å². The van der Waals surface area contributed by atoms with Crippen LogP contribution in [0.25, 0.3) is 0 Å². The van der Waals surface area contributed by atoms with Gasteiger partial charge in [0.15, 0.2) is 0 Å². The van der Waals surface area contributed by atoms with E-state index in [2.05, 4.69) is 30.1 Å². The van der Waals surface area contributed by atoms with Crippen LogP contribution in [0.2, 0.25) is 0 Å². The molecule has 2 heterocycles. The van der Waals surface area contributed by atoms with Gasteiger partial charge in [0.25, 0.3) is 5.91 Å². The standard InChI is InChI=1S/C28H38N4O4/c1-4-36-26(34)19-30-11-13-31(14-12-30)28(35)24-9-5-7-22(15-24)27(23-8-6-10-25(33)16-23)32-18-20(2)29-17-21(32)3/h5-10,15-16,20-21,27,29,33H,4,11-14,17-19H2,1-3H3/t20-,21-,27?/m1/s1. The summed E-state index contributed by atoms with van der Waals surface area (Å²) in [5.41, 5.74) is 2.70. The van der Waals surface area contributed by atoms with Crippen molar-refractivity contribution in [1.29, 1.82) is 0 Å². The van der Waals surface area contributed by atoms with Crippen LogP contribution >= 0.6 is 0 Å². The SMILES string of the molecule is CCOC(=O)CN1CCN(C(=O)c2cccc(C(c3cccc(O)c3)N3C[C@@H](C)NC[C@H]3C)c2)CC1. The number of aromatic hydroxyl groups is 1. The van der Waals surface area contributed by atoms with Gasteiger partial charge in [-0.3, -0.25) is 19.4 Å². The molecule has 1 unspecified atom stereocenters. The maximum absolute atomic E-state index is 13.4. The van der Waals surface area contributed by atoms with Crippen molar-refractivity contribution in [1.82, 2.24) is 20.0 Å². The second-order valence-corrected chi connectivity index (χ2v) is 9.85. The summed E-state index contributed by atoms with van der Waals surface area (Å²) in [6, 6.07) is 15.9. The first kappa shape index (κ1) is 26.1. The zero-order chi connectivity index (χ0) is 25.7.